The molecule has 176 valence electrons. The Kier molecular flexibility index (Phi) is 5.31. The summed E-state index contributed by atoms with van der Waals surface area (Å²) in [6, 6.07) is 11.1. The molecule has 1 fully saturated rings. The van der Waals surface area contributed by atoms with Crippen molar-refractivity contribution in [1.82, 2.24) is 14.3 Å². The average Bonchev–Trinajstić information content (AvgIpc) is 3.21. The fourth-order valence-electron chi connectivity index (χ4n) is 4.14. The van der Waals surface area contributed by atoms with Crippen LogP contribution in [-0.4, -0.2) is 52.2 Å². The molecular weight excluding hydrogens is 432 g/mol. The van der Waals surface area contributed by atoms with Gasteiger partial charge in [-0.2, -0.15) is 0 Å². The largest absolute Gasteiger partial charge is 0.454 e. The SMILES string of the molecule is Cc1ccn2cc(-c3cc(=O)c4cc(N5CCN(C(=O)OC(C)(C)C)CC5)ccc4o3)nc2c1. The van der Waals surface area contributed by atoms with Gasteiger partial charge in [-0.15, -0.1) is 0 Å². The van der Waals surface area contributed by atoms with Crippen molar-refractivity contribution in [3.63, 3.8) is 0 Å². The van der Waals surface area contributed by atoms with Crippen molar-refractivity contribution in [1.29, 1.82) is 0 Å². The van der Waals surface area contributed by atoms with Crippen molar-refractivity contribution in [3.05, 3.63) is 64.6 Å². The Balaban J connectivity index is 1.37. The minimum atomic E-state index is -0.512. The van der Waals surface area contributed by atoms with Crippen LogP contribution in [0.15, 0.2) is 58.0 Å². The predicted octanol–water partition coefficient (Wildman–Crippen LogP) is 4.47. The number of imidazole rings is 1. The molecule has 0 bridgehead atoms. The van der Waals surface area contributed by atoms with Gasteiger partial charge in [0.05, 0.1) is 5.39 Å². The summed E-state index contributed by atoms with van der Waals surface area (Å²) in [4.78, 5) is 33.8. The molecule has 8 nitrogen and oxygen atoms in total. The summed E-state index contributed by atoms with van der Waals surface area (Å²) < 4.78 is 13.4. The molecule has 1 amide bonds. The maximum atomic E-state index is 13.0. The molecule has 0 N–H and O–H groups in total. The second-order valence-corrected chi connectivity index (χ2v) is 9.71. The van der Waals surface area contributed by atoms with Gasteiger partial charge in [-0.1, -0.05) is 0 Å². The summed E-state index contributed by atoms with van der Waals surface area (Å²) in [5, 5.41) is 0.524. The Hall–Kier alpha value is -3.81. The third-order valence-corrected chi connectivity index (χ3v) is 5.88. The quantitative estimate of drug-likeness (QED) is 0.439. The molecule has 0 aliphatic carbocycles. The van der Waals surface area contributed by atoms with E-state index in [1.807, 2.05) is 74.8 Å². The highest BCUT2D eigenvalue weighted by Gasteiger charge is 2.26. The number of carbonyl (C=O) groups is 1. The molecule has 1 saturated heterocycles. The number of hydrogen-bond acceptors (Lipinski definition) is 6. The van der Waals surface area contributed by atoms with Crippen LogP contribution >= 0.6 is 0 Å². The number of benzene rings is 1. The summed E-state index contributed by atoms with van der Waals surface area (Å²) in [5.41, 5.74) is 3.36. The fraction of sp³-hybridized carbons (Fsp3) is 0.346. The first-order chi connectivity index (χ1) is 16.2. The van der Waals surface area contributed by atoms with Gasteiger partial charge in [-0.25, -0.2) is 9.78 Å². The Labute approximate surface area is 197 Å². The van der Waals surface area contributed by atoms with Crippen LogP contribution in [0, 0.1) is 6.92 Å². The summed E-state index contributed by atoms with van der Waals surface area (Å²) >= 11 is 0. The fourth-order valence-corrected chi connectivity index (χ4v) is 4.14. The lowest BCUT2D eigenvalue weighted by molar-refractivity contribution is 0.0240. The molecule has 0 atom stereocenters. The zero-order chi connectivity index (χ0) is 24.0. The number of carbonyl (C=O) groups excluding carboxylic acids is 1. The molecule has 3 aromatic heterocycles. The zero-order valence-corrected chi connectivity index (χ0v) is 19.9. The van der Waals surface area contributed by atoms with Crippen LogP contribution in [-0.2, 0) is 4.74 Å². The average molecular weight is 461 g/mol. The van der Waals surface area contributed by atoms with Crippen molar-refractivity contribution in [2.75, 3.05) is 31.1 Å². The van der Waals surface area contributed by atoms with E-state index in [9.17, 15) is 9.59 Å². The molecule has 5 rings (SSSR count). The van der Waals surface area contributed by atoms with E-state index in [2.05, 4.69) is 9.88 Å². The number of aryl methyl sites for hydroxylation is 1. The molecule has 1 aromatic carbocycles. The highest BCUT2D eigenvalue weighted by molar-refractivity contribution is 5.82. The van der Waals surface area contributed by atoms with Gasteiger partial charge < -0.3 is 23.4 Å². The van der Waals surface area contributed by atoms with E-state index in [0.717, 1.165) is 16.9 Å². The van der Waals surface area contributed by atoms with Crippen LogP contribution in [0.4, 0.5) is 10.5 Å². The minimum absolute atomic E-state index is 0.112. The van der Waals surface area contributed by atoms with Gasteiger partial charge in [-0.05, 0) is 63.6 Å². The van der Waals surface area contributed by atoms with Crippen LogP contribution < -0.4 is 10.3 Å². The topological polar surface area (TPSA) is 80.3 Å². The summed E-state index contributed by atoms with van der Waals surface area (Å²) in [6.45, 7) is 10.1. The van der Waals surface area contributed by atoms with Crippen LogP contribution in [0.25, 0.3) is 28.1 Å². The highest BCUT2D eigenvalue weighted by Crippen LogP contribution is 2.26. The van der Waals surface area contributed by atoms with Gasteiger partial charge in [0.15, 0.2) is 11.2 Å². The number of rotatable bonds is 2. The number of aromatic nitrogens is 2. The lowest BCUT2D eigenvalue weighted by Gasteiger charge is -2.36. The third-order valence-electron chi connectivity index (χ3n) is 5.88. The molecular formula is C26H28N4O4. The number of ether oxygens (including phenoxy) is 1. The summed E-state index contributed by atoms with van der Waals surface area (Å²) in [7, 11) is 0. The standard InChI is InChI=1S/C26H28N4O4/c1-17-7-8-30-16-20(27-24(30)13-17)23-15-21(31)19-14-18(5-6-22(19)33-23)28-9-11-29(12-10-28)25(32)34-26(2,3)4/h5-8,13-16H,9-12H2,1-4H3. The van der Waals surface area contributed by atoms with E-state index in [1.165, 1.54) is 6.07 Å². The summed E-state index contributed by atoms with van der Waals surface area (Å²) in [6.07, 6.45) is 3.51. The lowest BCUT2D eigenvalue weighted by Crippen LogP contribution is -2.50. The van der Waals surface area contributed by atoms with Crippen molar-refractivity contribution < 1.29 is 13.9 Å². The number of pyridine rings is 1. The highest BCUT2D eigenvalue weighted by atomic mass is 16.6. The van der Waals surface area contributed by atoms with Crippen LogP contribution in [0.1, 0.15) is 26.3 Å². The van der Waals surface area contributed by atoms with Gasteiger partial charge in [0.25, 0.3) is 0 Å². The number of nitrogens with zero attached hydrogens (tertiary/aromatic N) is 4. The van der Waals surface area contributed by atoms with Crippen LogP contribution in [0.5, 0.6) is 0 Å². The first kappa shape index (κ1) is 22.0. The van der Waals surface area contributed by atoms with Gasteiger partial charge in [0.1, 0.15) is 22.5 Å². The lowest BCUT2D eigenvalue weighted by atomic mass is 10.1. The molecule has 0 saturated carbocycles. The molecule has 0 spiro atoms. The van der Waals surface area contributed by atoms with E-state index in [1.54, 1.807) is 4.90 Å². The number of amides is 1. The number of anilines is 1. The van der Waals surface area contributed by atoms with Gasteiger partial charge in [-0.3, -0.25) is 4.79 Å². The Bertz CT molecular complexity index is 1440. The molecule has 0 radical (unpaired) electrons. The van der Waals surface area contributed by atoms with Gasteiger partial charge in [0, 0.05) is 50.3 Å². The van der Waals surface area contributed by atoms with Crippen molar-refractivity contribution >= 4 is 28.4 Å². The molecule has 34 heavy (non-hydrogen) atoms. The normalized spacial score (nSPS) is 14.7. The van der Waals surface area contributed by atoms with Crippen LogP contribution in [0.3, 0.4) is 0 Å². The zero-order valence-electron chi connectivity index (χ0n) is 19.9. The maximum Gasteiger partial charge on any atom is 0.410 e. The first-order valence-corrected chi connectivity index (χ1v) is 11.4. The molecule has 0 unspecified atom stereocenters. The number of fused-ring (bicyclic) bond motifs is 2. The first-order valence-electron chi connectivity index (χ1n) is 11.4. The van der Waals surface area contributed by atoms with Crippen molar-refractivity contribution in [2.24, 2.45) is 0 Å². The number of hydrogen-bond donors (Lipinski definition) is 0. The molecule has 4 aromatic rings. The van der Waals surface area contributed by atoms with Gasteiger partial charge >= 0.3 is 6.09 Å². The Morgan fingerprint density at radius 1 is 1.06 bits per heavy atom. The maximum absolute atomic E-state index is 13.0. The second kappa shape index (κ2) is 8.20. The predicted molar refractivity (Wildman–Crippen MR) is 131 cm³/mol. The van der Waals surface area contributed by atoms with Crippen LogP contribution in [0.2, 0.25) is 0 Å². The van der Waals surface area contributed by atoms with Gasteiger partial charge in [0.2, 0.25) is 0 Å². The molecule has 1 aliphatic rings. The smallest absolute Gasteiger partial charge is 0.410 e. The van der Waals surface area contributed by atoms with E-state index < -0.39 is 5.60 Å². The molecule has 8 heteroatoms. The minimum Gasteiger partial charge on any atom is -0.454 e. The van der Waals surface area contributed by atoms with E-state index in [4.69, 9.17) is 9.15 Å². The van der Waals surface area contributed by atoms with E-state index in [-0.39, 0.29) is 11.5 Å². The second-order valence-electron chi connectivity index (χ2n) is 9.71. The molecule has 1 aliphatic heterocycles. The summed E-state index contributed by atoms with van der Waals surface area (Å²) in [5.74, 6) is 0.442. The number of piperazine rings is 1. The van der Waals surface area contributed by atoms with Crippen molar-refractivity contribution in [3.8, 4) is 11.5 Å². The monoisotopic (exact) mass is 460 g/mol. The van der Waals surface area contributed by atoms with E-state index >= 15 is 0 Å². The van der Waals surface area contributed by atoms with Crippen molar-refractivity contribution in [2.45, 2.75) is 33.3 Å². The third kappa shape index (κ3) is 4.35. The Morgan fingerprint density at radius 3 is 2.56 bits per heavy atom. The molecule has 4 heterocycles. The Morgan fingerprint density at radius 2 is 1.82 bits per heavy atom. The van der Waals surface area contributed by atoms with E-state index in [0.29, 0.717) is 48.6 Å².